The highest BCUT2D eigenvalue weighted by Gasteiger charge is 2.48. The van der Waals surface area contributed by atoms with Gasteiger partial charge in [0.1, 0.15) is 12.4 Å². The number of methoxy groups -OCH3 is 1. The van der Waals surface area contributed by atoms with E-state index in [2.05, 4.69) is 15.9 Å². The van der Waals surface area contributed by atoms with Crippen LogP contribution in [0.2, 0.25) is 0 Å². The summed E-state index contributed by atoms with van der Waals surface area (Å²) in [4.78, 5) is 11.7. The molecule has 0 bridgehead atoms. The van der Waals surface area contributed by atoms with Gasteiger partial charge in [-0.15, -0.1) is 0 Å². The highest BCUT2D eigenvalue weighted by molar-refractivity contribution is 9.10. The van der Waals surface area contributed by atoms with E-state index < -0.39 is 11.4 Å². The van der Waals surface area contributed by atoms with Crippen LogP contribution >= 0.6 is 15.9 Å². The Kier molecular flexibility index (Phi) is 2.90. The number of halogens is 1. The predicted octanol–water partition coefficient (Wildman–Crippen LogP) is 1.24. The maximum Gasteiger partial charge on any atom is 0.322 e. The van der Waals surface area contributed by atoms with E-state index in [-0.39, 0.29) is 13.2 Å². The number of benzene rings is 1. The molecule has 1 atom stereocenters. The van der Waals surface area contributed by atoms with Crippen LogP contribution in [0.15, 0.2) is 22.7 Å². The van der Waals surface area contributed by atoms with Crippen molar-refractivity contribution in [2.24, 2.45) is 0 Å². The number of esters is 1. The summed E-state index contributed by atoms with van der Waals surface area (Å²) in [6.07, 6.45) is 0. The van der Waals surface area contributed by atoms with Gasteiger partial charge in [0.15, 0.2) is 5.41 Å². The van der Waals surface area contributed by atoms with E-state index in [9.17, 15) is 9.90 Å². The van der Waals surface area contributed by atoms with Gasteiger partial charge < -0.3 is 14.6 Å². The van der Waals surface area contributed by atoms with Crippen LogP contribution in [0.25, 0.3) is 0 Å². The maximum atomic E-state index is 11.7. The van der Waals surface area contributed by atoms with Gasteiger partial charge in [0.25, 0.3) is 0 Å². The van der Waals surface area contributed by atoms with Crippen LogP contribution in [0.5, 0.6) is 5.75 Å². The third-order valence-electron chi connectivity index (χ3n) is 2.78. The lowest BCUT2D eigenvalue weighted by Crippen LogP contribution is -2.42. The first-order valence-corrected chi connectivity index (χ1v) is 5.55. The second kappa shape index (κ2) is 4.07. The molecule has 1 aliphatic heterocycles. The van der Waals surface area contributed by atoms with Crippen LogP contribution < -0.4 is 4.74 Å². The SMILES string of the molecule is COC(=O)C1(CO)COc2cc(Br)ccc21. The Morgan fingerprint density at radius 1 is 1.69 bits per heavy atom. The van der Waals surface area contributed by atoms with E-state index in [1.54, 1.807) is 18.2 Å². The van der Waals surface area contributed by atoms with E-state index in [1.807, 2.05) is 0 Å². The summed E-state index contributed by atoms with van der Waals surface area (Å²) in [7, 11) is 1.30. The number of carbonyl (C=O) groups is 1. The smallest absolute Gasteiger partial charge is 0.322 e. The molecule has 0 saturated heterocycles. The summed E-state index contributed by atoms with van der Waals surface area (Å²) >= 11 is 3.32. The van der Waals surface area contributed by atoms with E-state index in [4.69, 9.17) is 9.47 Å². The molecule has 1 aliphatic rings. The number of hydrogen-bond acceptors (Lipinski definition) is 4. The van der Waals surface area contributed by atoms with Crippen molar-refractivity contribution in [1.82, 2.24) is 0 Å². The van der Waals surface area contributed by atoms with Gasteiger partial charge in [-0.05, 0) is 12.1 Å². The summed E-state index contributed by atoms with van der Waals surface area (Å²) in [5, 5.41) is 9.44. The Hall–Kier alpha value is -1.07. The van der Waals surface area contributed by atoms with Gasteiger partial charge >= 0.3 is 5.97 Å². The third-order valence-corrected chi connectivity index (χ3v) is 3.27. The average molecular weight is 287 g/mol. The fourth-order valence-corrected chi connectivity index (χ4v) is 2.19. The minimum absolute atomic E-state index is 0.113. The zero-order valence-corrected chi connectivity index (χ0v) is 10.3. The first kappa shape index (κ1) is 11.4. The molecule has 2 rings (SSSR count). The molecule has 1 aromatic carbocycles. The number of ether oxygens (including phenoxy) is 2. The lowest BCUT2D eigenvalue weighted by molar-refractivity contribution is -0.149. The van der Waals surface area contributed by atoms with Crippen molar-refractivity contribution in [2.75, 3.05) is 20.3 Å². The molecule has 0 aromatic heterocycles. The third kappa shape index (κ3) is 1.51. The van der Waals surface area contributed by atoms with Gasteiger partial charge in [0.05, 0.1) is 13.7 Å². The van der Waals surface area contributed by atoms with Crippen LogP contribution in [0, 0.1) is 0 Å². The second-order valence-corrected chi connectivity index (χ2v) is 4.58. The molecule has 0 radical (unpaired) electrons. The van der Waals surface area contributed by atoms with E-state index in [1.165, 1.54) is 7.11 Å². The van der Waals surface area contributed by atoms with E-state index in [0.29, 0.717) is 11.3 Å². The maximum absolute atomic E-state index is 11.7. The molecular formula is C11H11BrO4. The Balaban J connectivity index is 2.51. The first-order valence-electron chi connectivity index (χ1n) is 4.76. The molecule has 0 fully saturated rings. The van der Waals surface area contributed by atoms with Crippen molar-refractivity contribution in [1.29, 1.82) is 0 Å². The monoisotopic (exact) mass is 286 g/mol. The van der Waals surface area contributed by atoms with Crippen molar-refractivity contribution >= 4 is 21.9 Å². The summed E-state index contributed by atoms with van der Waals surface area (Å²) in [6.45, 7) is -0.212. The van der Waals surface area contributed by atoms with Gasteiger partial charge in [0, 0.05) is 10.0 Å². The zero-order chi connectivity index (χ0) is 11.8. The van der Waals surface area contributed by atoms with Gasteiger partial charge in [-0.25, -0.2) is 0 Å². The van der Waals surface area contributed by atoms with Gasteiger partial charge in [-0.1, -0.05) is 22.0 Å². The number of aliphatic hydroxyl groups excluding tert-OH is 1. The fourth-order valence-electron chi connectivity index (χ4n) is 1.85. The van der Waals surface area contributed by atoms with Crippen molar-refractivity contribution in [3.05, 3.63) is 28.2 Å². The number of hydrogen-bond donors (Lipinski definition) is 1. The summed E-state index contributed by atoms with van der Waals surface area (Å²) < 4.78 is 11.0. The number of fused-ring (bicyclic) bond motifs is 1. The van der Waals surface area contributed by atoms with Crippen LogP contribution in [-0.4, -0.2) is 31.4 Å². The highest BCUT2D eigenvalue weighted by Crippen LogP contribution is 2.40. The molecule has 0 spiro atoms. The predicted molar refractivity (Wildman–Crippen MR) is 60.4 cm³/mol. The van der Waals surface area contributed by atoms with Gasteiger partial charge in [-0.2, -0.15) is 0 Å². The Morgan fingerprint density at radius 3 is 3.06 bits per heavy atom. The van der Waals surface area contributed by atoms with Crippen LogP contribution in [-0.2, 0) is 14.9 Å². The second-order valence-electron chi connectivity index (χ2n) is 3.66. The topological polar surface area (TPSA) is 55.8 Å². The van der Waals surface area contributed by atoms with Crippen molar-refractivity contribution in [2.45, 2.75) is 5.41 Å². The van der Waals surface area contributed by atoms with Crippen molar-refractivity contribution in [3.63, 3.8) is 0 Å². The lowest BCUT2D eigenvalue weighted by Gasteiger charge is -2.21. The summed E-state index contributed by atoms with van der Waals surface area (Å²) in [6, 6.07) is 5.34. The normalized spacial score (nSPS) is 22.4. The van der Waals surface area contributed by atoms with Crippen LogP contribution in [0.4, 0.5) is 0 Å². The van der Waals surface area contributed by atoms with Gasteiger partial charge in [0.2, 0.25) is 0 Å². The molecule has 16 heavy (non-hydrogen) atoms. The molecular weight excluding hydrogens is 276 g/mol. The quantitative estimate of drug-likeness (QED) is 0.832. The minimum Gasteiger partial charge on any atom is -0.492 e. The molecule has 1 aromatic rings. The Labute approximate surface area is 101 Å². The summed E-state index contributed by atoms with van der Waals surface area (Å²) in [5.41, 5.74) is -0.407. The molecule has 1 N–H and O–H groups in total. The van der Waals surface area contributed by atoms with Crippen LogP contribution in [0.1, 0.15) is 5.56 Å². The molecule has 0 aliphatic carbocycles. The molecule has 0 saturated carbocycles. The molecule has 1 unspecified atom stereocenters. The molecule has 5 heteroatoms. The van der Waals surface area contributed by atoms with Gasteiger partial charge in [-0.3, -0.25) is 4.79 Å². The minimum atomic E-state index is -1.08. The Bertz CT molecular complexity index is 432. The summed E-state index contributed by atoms with van der Waals surface area (Å²) in [5.74, 6) is 0.130. The van der Waals surface area contributed by atoms with E-state index in [0.717, 1.165) is 4.47 Å². The molecule has 1 heterocycles. The average Bonchev–Trinajstić information content (AvgIpc) is 2.67. The van der Waals surface area contributed by atoms with Crippen molar-refractivity contribution < 1.29 is 19.4 Å². The highest BCUT2D eigenvalue weighted by atomic mass is 79.9. The largest absolute Gasteiger partial charge is 0.492 e. The number of rotatable bonds is 2. The van der Waals surface area contributed by atoms with Crippen LogP contribution in [0.3, 0.4) is 0 Å². The lowest BCUT2D eigenvalue weighted by atomic mass is 9.83. The van der Waals surface area contributed by atoms with Crippen molar-refractivity contribution in [3.8, 4) is 5.75 Å². The number of aliphatic hydroxyl groups is 1. The molecule has 0 amide bonds. The van der Waals surface area contributed by atoms with E-state index >= 15 is 0 Å². The standard InChI is InChI=1S/C11H11BrO4/c1-15-10(14)11(5-13)6-16-9-4-7(12)2-3-8(9)11/h2-4,13H,5-6H2,1H3. The zero-order valence-electron chi connectivity index (χ0n) is 8.70. The first-order chi connectivity index (χ1) is 7.64. The number of carbonyl (C=O) groups excluding carboxylic acids is 1. The fraction of sp³-hybridized carbons (Fsp3) is 0.364. The molecule has 86 valence electrons. The Morgan fingerprint density at radius 2 is 2.44 bits per heavy atom. The molecule has 4 nitrogen and oxygen atoms in total.